The Labute approximate surface area is 133 Å². The third-order valence-electron chi connectivity index (χ3n) is 3.20. The molecule has 0 aliphatic heterocycles. The van der Waals surface area contributed by atoms with Crippen LogP contribution >= 0.6 is 11.8 Å². The summed E-state index contributed by atoms with van der Waals surface area (Å²) in [6, 6.07) is 8.42. The van der Waals surface area contributed by atoms with Crippen molar-refractivity contribution < 1.29 is 4.79 Å². The van der Waals surface area contributed by atoms with Gasteiger partial charge in [-0.2, -0.15) is 0 Å². The minimum absolute atomic E-state index is 0.113. The van der Waals surface area contributed by atoms with Gasteiger partial charge in [0.15, 0.2) is 0 Å². The van der Waals surface area contributed by atoms with E-state index in [0.29, 0.717) is 5.75 Å². The summed E-state index contributed by atoms with van der Waals surface area (Å²) in [5.41, 5.74) is 1.37. The number of carbonyl (C=O) groups excluding carboxylic acids is 1. The predicted molar refractivity (Wildman–Crippen MR) is 91.7 cm³/mol. The minimum Gasteiger partial charge on any atom is -0.343 e. The molecule has 0 aromatic heterocycles. The zero-order valence-electron chi connectivity index (χ0n) is 13.9. The van der Waals surface area contributed by atoms with E-state index in [1.54, 1.807) is 11.8 Å². The van der Waals surface area contributed by atoms with Crippen molar-refractivity contribution in [1.29, 1.82) is 0 Å². The molecule has 1 amide bonds. The second kappa shape index (κ2) is 8.44. The smallest absolute Gasteiger partial charge is 0.232 e. The maximum Gasteiger partial charge on any atom is 0.232 e. The number of hydrogen-bond donors (Lipinski definition) is 1. The van der Waals surface area contributed by atoms with Crippen LogP contribution in [0.25, 0.3) is 0 Å². The molecule has 0 unspecified atom stereocenters. The molecule has 0 fully saturated rings. The van der Waals surface area contributed by atoms with E-state index in [1.807, 2.05) is 18.7 Å². The Balaban J connectivity index is 2.55. The summed E-state index contributed by atoms with van der Waals surface area (Å²) in [6.07, 6.45) is 0. The second-order valence-corrected chi connectivity index (χ2v) is 7.15. The van der Waals surface area contributed by atoms with Crippen LogP contribution in [0, 0.1) is 0 Å². The van der Waals surface area contributed by atoms with Crippen LogP contribution in [0.1, 0.15) is 40.2 Å². The first-order chi connectivity index (χ1) is 9.85. The van der Waals surface area contributed by atoms with E-state index in [1.165, 1.54) is 5.56 Å². The summed E-state index contributed by atoms with van der Waals surface area (Å²) in [5.74, 6) is 0.723. The van der Waals surface area contributed by atoms with Crippen LogP contribution in [0.5, 0.6) is 0 Å². The highest BCUT2D eigenvalue weighted by atomic mass is 32.2. The van der Waals surface area contributed by atoms with Gasteiger partial charge >= 0.3 is 0 Å². The first-order valence-corrected chi connectivity index (χ1v) is 8.58. The van der Waals surface area contributed by atoms with E-state index >= 15 is 0 Å². The SMILES string of the molecule is CCN(CC)C(=O)CSc1cccc(CNC(C)(C)C)c1. The molecule has 0 aliphatic carbocycles. The standard InChI is InChI=1S/C17H28N2OS/c1-6-19(7-2)16(20)13-21-15-10-8-9-14(11-15)12-18-17(3,4)5/h8-11,18H,6-7,12-13H2,1-5H3. The molecule has 118 valence electrons. The summed E-state index contributed by atoms with van der Waals surface area (Å²) < 4.78 is 0. The molecule has 0 spiro atoms. The first kappa shape index (κ1) is 18.1. The van der Waals surface area contributed by atoms with Crippen molar-refractivity contribution in [3.8, 4) is 0 Å². The largest absolute Gasteiger partial charge is 0.343 e. The third kappa shape index (κ3) is 7.00. The average molecular weight is 308 g/mol. The molecule has 0 radical (unpaired) electrons. The van der Waals surface area contributed by atoms with Crippen LogP contribution in [-0.4, -0.2) is 35.2 Å². The number of hydrogen-bond acceptors (Lipinski definition) is 3. The van der Waals surface area contributed by atoms with Gasteiger partial charge in [0.1, 0.15) is 0 Å². The van der Waals surface area contributed by atoms with Crippen molar-refractivity contribution in [3.05, 3.63) is 29.8 Å². The second-order valence-electron chi connectivity index (χ2n) is 6.11. The Bertz CT molecular complexity index is 450. The molecule has 0 saturated carbocycles. The van der Waals surface area contributed by atoms with Crippen LogP contribution in [0.2, 0.25) is 0 Å². The molecule has 1 N–H and O–H groups in total. The number of amides is 1. The van der Waals surface area contributed by atoms with Crippen molar-refractivity contribution in [2.45, 2.75) is 51.6 Å². The molecule has 1 aromatic carbocycles. The molecule has 1 aromatic rings. The highest BCUT2D eigenvalue weighted by Gasteiger charge is 2.11. The van der Waals surface area contributed by atoms with Gasteiger partial charge in [0.05, 0.1) is 5.75 Å². The van der Waals surface area contributed by atoms with Crippen LogP contribution in [0.15, 0.2) is 29.2 Å². The first-order valence-electron chi connectivity index (χ1n) is 7.60. The van der Waals surface area contributed by atoms with Gasteiger partial charge in [-0.1, -0.05) is 12.1 Å². The molecule has 0 bridgehead atoms. The summed E-state index contributed by atoms with van der Waals surface area (Å²) in [4.78, 5) is 15.0. The van der Waals surface area contributed by atoms with Gasteiger partial charge in [-0.3, -0.25) is 4.79 Å². The lowest BCUT2D eigenvalue weighted by Gasteiger charge is -2.21. The fourth-order valence-electron chi connectivity index (χ4n) is 1.93. The summed E-state index contributed by atoms with van der Waals surface area (Å²) in [5, 5.41) is 3.48. The van der Waals surface area contributed by atoms with E-state index in [2.05, 4.69) is 50.4 Å². The van der Waals surface area contributed by atoms with Gasteiger partial charge in [-0.15, -0.1) is 11.8 Å². The van der Waals surface area contributed by atoms with Gasteiger partial charge in [-0.25, -0.2) is 0 Å². The van der Waals surface area contributed by atoms with Gasteiger partial charge < -0.3 is 10.2 Å². The Morgan fingerprint density at radius 2 is 1.90 bits per heavy atom. The Morgan fingerprint density at radius 1 is 1.24 bits per heavy atom. The molecule has 1 rings (SSSR count). The van der Waals surface area contributed by atoms with Gasteiger partial charge in [0.25, 0.3) is 0 Å². The Kier molecular flexibility index (Phi) is 7.26. The topological polar surface area (TPSA) is 32.3 Å². The quantitative estimate of drug-likeness (QED) is 0.782. The van der Waals surface area contributed by atoms with Crippen LogP contribution < -0.4 is 5.32 Å². The van der Waals surface area contributed by atoms with Gasteiger partial charge in [-0.05, 0) is 52.3 Å². The molecular formula is C17H28N2OS. The van der Waals surface area contributed by atoms with Crippen molar-refractivity contribution in [2.24, 2.45) is 0 Å². The van der Waals surface area contributed by atoms with E-state index in [9.17, 15) is 4.79 Å². The Hall–Kier alpha value is -1.00. The zero-order chi connectivity index (χ0) is 15.9. The van der Waals surface area contributed by atoms with E-state index in [-0.39, 0.29) is 11.4 Å². The summed E-state index contributed by atoms with van der Waals surface area (Å²) in [6.45, 7) is 12.9. The maximum absolute atomic E-state index is 12.0. The summed E-state index contributed by atoms with van der Waals surface area (Å²) >= 11 is 1.62. The Morgan fingerprint density at radius 3 is 2.48 bits per heavy atom. The summed E-state index contributed by atoms with van der Waals surface area (Å²) in [7, 11) is 0. The van der Waals surface area contributed by atoms with E-state index in [4.69, 9.17) is 0 Å². The highest BCUT2D eigenvalue weighted by Crippen LogP contribution is 2.20. The number of nitrogens with one attached hydrogen (secondary N) is 1. The fourth-order valence-corrected chi connectivity index (χ4v) is 2.81. The van der Waals surface area contributed by atoms with Gasteiger partial charge in [0, 0.05) is 30.1 Å². The molecule has 4 heteroatoms. The minimum atomic E-state index is 0.113. The van der Waals surface area contributed by atoms with E-state index in [0.717, 1.165) is 24.5 Å². The maximum atomic E-state index is 12.0. The van der Waals surface area contributed by atoms with Crippen LogP contribution in [0.4, 0.5) is 0 Å². The molecule has 0 saturated heterocycles. The zero-order valence-corrected chi connectivity index (χ0v) is 14.7. The normalized spacial score (nSPS) is 11.5. The lowest BCUT2D eigenvalue weighted by molar-refractivity contribution is -0.127. The van der Waals surface area contributed by atoms with Crippen LogP contribution in [-0.2, 0) is 11.3 Å². The number of thioether (sulfide) groups is 1. The lowest BCUT2D eigenvalue weighted by Crippen LogP contribution is -2.35. The van der Waals surface area contributed by atoms with Crippen molar-refractivity contribution in [1.82, 2.24) is 10.2 Å². The van der Waals surface area contributed by atoms with Crippen molar-refractivity contribution >= 4 is 17.7 Å². The van der Waals surface area contributed by atoms with Crippen LogP contribution in [0.3, 0.4) is 0 Å². The lowest BCUT2D eigenvalue weighted by atomic mass is 10.1. The molecule has 0 aliphatic rings. The number of rotatable bonds is 7. The number of benzene rings is 1. The highest BCUT2D eigenvalue weighted by molar-refractivity contribution is 8.00. The third-order valence-corrected chi connectivity index (χ3v) is 4.18. The van der Waals surface area contributed by atoms with E-state index < -0.39 is 0 Å². The monoisotopic (exact) mass is 308 g/mol. The molecule has 0 heterocycles. The van der Waals surface area contributed by atoms with Crippen molar-refractivity contribution in [3.63, 3.8) is 0 Å². The molecule has 0 atom stereocenters. The molecule has 3 nitrogen and oxygen atoms in total. The molecule has 21 heavy (non-hydrogen) atoms. The fraction of sp³-hybridized carbons (Fsp3) is 0.588. The number of carbonyl (C=O) groups is 1. The van der Waals surface area contributed by atoms with Gasteiger partial charge in [0.2, 0.25) is 5.91 Å². The van der Waals surface area contributed by atoms with Crippen molar-refractivity contribution in [2.75, 3.05) is 18.8 Å². The average Bonchev–Trinajstić information content (AvgIpc) is 2.44. The molecular weight excluding hydrogens is 280 g/mol. The predicted octanol–water partition coefficient (Wildman–Crippen LogP) is 3.54. The number of nitrogens with zero attached hydrogens (tertiary/aromatic N) is 1.